The Morgan fingerprint density at radius 2 is 1.77 bits per heavy atom. The fourth-order valence-corrected chi connectivity index (χ4v) is 3.18. The smallest absolute Gasteiger partial charge is 0.307 e. The predicted molar refractivity (Wildman–Crippen MR) is 120 cm³/mol. The number of para-hydroxylation sites is 1. The Morgan fingerprint density at radius 1 is 1.06 bits per heavy atom. The van der Waals surface area contributed by atoms with Crippen molar-refractivity contribution in [2.75, 3.05) is 5.32 Å². The zero-order valence-electron chi connectivity index (χ0n) is 18.1. The number of nitrogens with one attached hydrogen (secondary N) is 1. The average molecular weight is 421 g/mol. The molecule has 6 nitrogen and oxygen atoms in total. The molecule has 3 aromatic rings. The average Bonchev–Trinajstić information content (AvgIpc) is 3.27. The summed E-state index contributed by atoms with van der Waals surface area (Å²) in [5.74, 6) is 0.590. The van der Waals surface area contributed by atoms with E-state index in [1.807, 2.05) is 54.6 Å². The third-order valence-electron chi connectivity index (χ3n) is 5.19. The van der Waals surface area contributed by atoms with Crippen molar-refractivity contribution in [1.29, 1.82) is 0 Å². The number of ether oxygens (including phenoxy) is 1. The van der Waals surface area contributed by atoms with E-state index in [0.717, 1.165) is 23.2 Å². The van der Waals surface area contributed by atoms with Gasteiger partial charge in [0.15, 0.2) is 17.8 Å². The van der Waals surface area contributed by atoms with Gasteiger partial charge in [-0.15, -0.1) is 0 Å². The maximum absolute atomic E-state index is 12.5. The lowest BCUT2D eigenvalue weighted by atomic mass is 9.97. The van der Waals surface area contributed by atoms with Crippen molar-refractivity contribution in [3.8, 4) is 11.3 Å². The first-order valence-corrected chi connectivity index (χ1v) is 10.6. The van der Waals surface area contributed by atoms with Gasteiger partial charge in [-0.2, -0.15) is 0 Å². The molecule has 31 heavy (non-hydrogen) atoms. The highest BCUT2D eigenvalue weighted by Gasteiger charge is 2.20. The van der Waals surface area contributed by atoms with Crippen LogP contribution in [0.1, 0.15) is 51.0 Å². The molecule has 0 fully saturated rings. The van der Waals surface area contributed by atoms with E-state index in [1.54, 1.807) is 13.1 Å². The summed E-state index contributed by atoms with van der Waals surface area (Å²) >= 11 is 0. The minimum absolute atomic E-state index is 0.0792. The zero-order valence-corrected chi connectivity index (χ0v) is 18.1. The van der Waals surface area contributed by atoms with Gasteiger partial charge in [0.2, 0.25) is 0 Å². The second-order valence-corrected chi connectivity index (χ2v) is 7.50. The molecule has 1 heterocycles. The van der Waals surface area contributed by atoms with Gasteiger partial charge < -0.3 is 14.5 Å². The van der Waals surface area contributed by atoms with Crippen molar-refractivity contribution in [2.24, 2.45) is 0 Å². The molecule has 0 saturated carbocycles. The van der Waals surface area contributed by atoms with Gasteiger partial charge in [0.25, 0.3) is 5.91 Å². The third kappa shape index (κ3) is 6.04. The third-order valence-corrected chi connectivity index (χ3v) is 5.19. The van der Waals surface area contributed by atoms with Crippen LogP contribution in [-0.4, -0.2) is 23.0 Å². The molecule has 0 saturated heterocycles. The van der Waals surface area contributed by atoms with Gasteiger partial charge in [0, 0.05) is 17.7 Å². The Morgan fingerprint density at radius 3 is 2.52 bits per heavy atom. The second-order valence-electron chi connectivity index (χ2n) is 7.50. The summed E-state index contributed by atoms with van der Waals surface area (Å²) in [6.07, 6.45) is 2.08. The van der Waals surface area contributed by atoms with Crippen LogP contribution in [0.15, 0.2) is 65.2 Å². The molecule has 2 atom stereocenters. The summed E-state index contributed by atoms with van der Waals surface area (Å²) in [6, 6.07) is 17.3. The highest BCUT2D eigenvalue weighted by molar-refractivity contribution is 5.95. The van der Waals surface area contributed by atoms with Crippen LogP contribution in [0.25, 0.3) is 11.3 Å². The Balaban J connectivity index is 1.51. The topological polar surface area (TPSA) is 81.4 Å². The van der Waals surface area contributed by atoms with E-state index in [2.05, 4.69) is 24.1 Å². The number of benzene rings is 2. The van der Waals surface area contributed by atoms with Crippen molar-refractivity contribution in [3.63, 3.8) is 0 Å². The Bertz CT molecular complexity index is 1010. The zero-order chi connectivity index (χ0) is 22.2. The van der Waals surface area contributed by atoms with Crippen LogP contribution in [0.4, 0.5) is 5.69 Å². The number of amides is 1. The van der Waals surface area contributed by atoms with Crippen molar-refractivity contribution in [2.45, 2.75) is 52.1 Å². The van der Waals surface area contributed by atoms with Crippen molar-refractivity contribution in [1.82, 2.24) is 4.98 Å². The van der Waals surface area contributed by atoms with Gasteiger partial charge in [0.1, 0.15) is 0 Å². The summed E-state index contributed by atoms with van der Waals surface area (Å²) in [6.45, 7) is 5.78. The molecule has 2 aromatic carbocycles. The van der Waals surface area contributed by atoms with Gasteiger partial charge in [-0.05, 0) is 30.9 Å². The number of anilines is 1. The largest absolute Gasteiger partial charge is 0.453 e. The molecule has 0 aliphatic heterocycles. The lowest BCUT2D eigenvalue weighted by Gasteiger charge is -2.18. The van der Waals surface area contributed by atoms with Crippen LogP contribution >= 0.6 is 0 Å². The molecule has 0 bridgehead atoms. The van der Waals surface area contributed by atoms with Gasteiger partial charge in [-0.1, -0.05) is 62.4 Å². The molecule has 1 N–H and O–H groups in total. The number of carbonyl (C=O) groups is 2. The first-order valence-electron chi connectivity index (χ1n) is 10.6. The lowest BCUT2D eigenvalue weighted by molar-refractivity contribution is -0.153. The molecule has 2 unspecified atom stereocenters. The summed E-state index contributed by atoms with van der Waals surface area (Å²) < 4.78 is 11.0. The summed E-state index contributed by atoms with van der Waals surface area (Å²) in [5.41, 5.74) is 2.74. The van der Waals surface area contributed by atoms with E-state index in [1.165, 1.54) is 0 Å². The van der Waals surface area contributed by atoms with E-state index in [9.17, 15) is 9.59 Å². The molecule has 0 spiro atoms. The first-order chi connectivity index (χ1) is 15.0. The van der Waals surface area contributed by atoms with Gasteiger partial charge in [0.05, 0.1) is 12.6 Å². The quantitative estimate of drug-likeness (QED) is 0.471. The van der Waals surface area contributed by atoms with E-state index in [-0.39, 0.29) is 12.3 Å². The fourth-order valence-electron chi connectivity index (χ4n) is 3.18. The maximum atomic E-state index is 12.5. The van der Waals surface area contributed by atoms with Crippen LogP contribution in [0, 0.1) is 0 Å². The number of carbonyl (C=O) groups excluding carboxylic acids is 2. The normalized spacial score (nSPS) is 12.7. The number of hydrogen-bond donors (Lipinski definition) is 1. The van der Waals surface area contributed by atoms with Crippen LogP contribution in [0.3, 0.4) is 0 Å². The van der Waals surface area contributed by atoms with Crippen molar-refractivity contribution < 1.29 is 18.7 Å². The first kappa shape index (κ1) is 22.3. The predicted octanol–water partition coefficient (Wildman–Crippen LogP) is 5.36. The maximum Gasteiger partial charge on any atom is 0.307 e. The highest BCUT2D eigenvalue weighted by atomic mass is 16.5. The number of esters is 1. The Kier molecular flexibility index (Phi) is 7.60. The number of aryl methyl sites for hydroxylation is 1. The summed E-state index contributed by atoms with van der Waals surface area (Å²) in [7, 11) is 0. The van der Waals surface area contributed by atoms with E-state index < -0.39 is 12.1 Å². The lowest BCUT2D eigenvalue weighted by Crippen LogP contribution is -2.30. The number of hydrogen-bond acceptors (Lipinski definition) is 5. The molecular weight excluding hydrogens is 392 g/mol. The van der Waals surface area contributed by atoms with Gasteiger partial charge in [-0.25, -0.2) is 4.98 Å². The molecule has 3 rings (SSSR count). The van der Waals surface area contributed by atoms with E-state index in [4.69, 9.17) is 9.15 Å². The molecule has 162 valence electrons. The molecule has 0 radical (unpaired) electrons. The second kappa shape index (κ2) is 10.6. The molecule has 0 aliphatic rings. The minimum atomic E-state index is -0.901. The molecular formula is C25H28N2O4. The van der Waals surface area contributed by atoms with E-state index >= 15 is 0 Å². The van der Waals surface area contributed by atoms with Crippen molar-refractivity contribution in [3.05, 3.63) is 72.2 Å². The number of aromatic nitrogens is 1. The number of oxazole rings is 1. The minimum Gasteiger partial charge on any atom is -0.453 e. The van der Waals surface area contributed by atoms with Gasteiger partial charge in [-0.3, -0.25) is 9.59 Å². The van der Waals surface area contributed by atoms with Gasteiger partial charge >= 0.3 is 5.97 Å². The monoisotopic (exact) mass is 420 g/mol. The molecule has 1 amide bonds. The van der Waals surface area contributed by atoms with Crippen molar-refractivity contribution >= 4 is 17.6 Å². The fraction of sp³-hybridized carbons (Fsp3) is 0.320. The number of rotatable bonds is 9. The van der Waals surface area contributed by atoms with E-state index in [0.29, 0.717) is 24.0 Å². The molecule has 0 aliphatic carbocycles. The Labute approximate surface area is 182 Å². The summed E-state index contributed by atoms with van der Waals surface area (Å²) in [4.78, 5) is 29.0. The van der Waals surface area contributed by atoms with Crippen LogP contribution < -0.4 is 5.32 Å². The highest BCUT2D eigenvalue weighted by Crippen LogP contribution is 2.26. The SMILES string of the molecule is CCC(C)c1ccccc1NC(=O)C(C)OC(=O)CCc1ncc(-c2ccccc2)o1. The standard InChI is InChI=1S/C25H28N2O4/c1-4-17(2)20-12-8-9-13-21(20)27-25(29)18(3)30-24(28)15-14-23-26-16-22(31-23)19-10-6-5-7-11-19/h5-13,16-18H,4,14-15H2,1-3H3,(H,27,29). The van der Waals surface area contributed by atoms with Crippen LogP contribution in [0.2, 0.25) is 0 Å². The molecule has 1 aromatic heterocycles. The Hall–Kier alpha value is -3.41. The molecule has 6 heteroatoms. The van der Waals surface area contributed by atoms with Crippen LogP contribution in [0.5, 0.6) is 0 Å². The van der Waals surface area contributed by atoms with Crippen LogP contribution in [-0.2, 0) is 20.7 Å². The number of nitrogens with zero attached hydrogens (tertiary/aromatic N) is 1. The summed E-state index contributed by atoms with van der Waals surface area (Å²) in [5, 5.41) is 2.88.